The van der Waals surface area contributed by atoms with Crippen LogP contribution in [0, 0.1) is 0 Å². The Bertz CT molecular complexity index is 1080. The molecule has 1 atom stereocenters. The Morgan fingerprint density at radius 1 is 0.968 bits per heavy atom. The lowest BCUT2D eigenvalue weighted by Crippen LogP contribution is -2.42. The van der Waals surface area contributed by atoms with Gasteiger partial charge in [0.05, 0.1) is 23.7 Å². The molecule has 0 aliphatic rings. The van der Waals surface area contributed by atoms with Crippen LogP contribution in [0.5, 0.6) is 0 Å². The number of fused-ring (bicyclic) bond motifs is 2. The van der Waals surface area contributed by atoms with Gasteiger partial charge < -0.3 is 14.8 Å². The van der Waals surface area contributed by atoms with E-state index in [1.807, 2.05) is 48.5 Å². The fraction of sp³-hybridized carbons (Fsp3) is 0.333. The van der Waals surface area contributed by atoms with Crippen molar-refractivity contribution in [1.29, 1.82) is 0 Å². The number of hydrogen-bond acceptors (Lipinski definition) is 6. The van der Waals surface area contributed by atoms with Crippen LogP contribution in [-0.4, -0.2) is 41.6 Å². The highest BCUT2D eigenvalue weighted by Crippen LogP contribution is 2.26. The van der Waals surface area contributed by atoms with E-state index in [0.717, 1.165) is 0 Å². The highest BCUT2D eigenvalue weighted by Gasteiger charge is 2.26. The second kappa shape index (κ2) is 9.12. The van der Waals surface area contributed by atoms with Crippen LogP contribution in [0.2, 0.25) is 0 Å². The third kappa shape index (κ3) is 5.36. The van der Waals surface area contributed by atoms with E-state index in [9.17, 15) is 14.4 Å². The maximum absolute atomic E-state index is 13.3. The Morgan fingerprint density at radius 2 is 1.52 bits per heavy atom. The number of aromatic nitrogens is 1. The number of pyridine rings is 1. The van der Waals surface area contributed by atoms with Gasteiger partial charge in [0.1, 0.15) is 11.6 Å². The fourth-order valence-electron chi connectivity index (χ4n) is 3.36. The van der Waals surface area contributed by atoms with Crippen molar-refractivity contribution in [2.75, 3.05) is 7.11 Å². The second-order valence-electron chi connectivity index (χ2n) is 8.20. The van der Waals surface area contributed by atoms with Crippen molar-refractivity contribution in [3.05, 3.63) is 54.1 Å². The van der Waals surface area contributed by atoms with E-state index in [-0.39, 0.29) is 12.8 Å². The molecule has 31 heavy (non-hydrogen) atoms. The standard InChI is InChI=1S/C24H26N2O5/c1-24(2,3)31-20(27)14-13-19(23(29)30-4)26-22(28)21-15-9-5-7-11-17(15)25-18-12-8-6-10-16(18)21/h5-12,19H,13-14H2,1-4H3,(H,26,28)/t19-/m1/s1. The zero-order valence-corrected chi connectivity index (χ0v) is 18.1. The molecule has 0 bridgehead atoms. The first-order chi connectivity index (χ1) is 14.7. The van der Waals surface area contributed by atoms with Crippen molar-refractivity contribution in [2.45, 2.75) is 45.3 Å². The maximum atomic E-state index is 13.3. The molecule has 7 nitrogen and oxygen atoms in total. The molecule has 3 aromatic rings. The number of ether oxygens (including phenoxy) is 2. The Kier molecular flexibility index (Phi) is 6.53. The number of hydrogen-bond donors (Lipinski definition) is 1. The van der Waals surface area contributed by atoms with Gasteiger partial charge in [-0.15, -0.1) is 0 Å². The van der Waals surface area contributed by atoms with Crippen molar-refractivity contribution in [3.63, 3.8) is 0 Å². The van der Waals surface area contributed by atoms with E-state index in [4.69, 9.17) is 9.47 Å². The third-order valence-electron chi connectivity index (χ3n) is 4.66. The van der Waals surface area contributed by atoms with Crippen LogP contribution in [0.15, 0.2) is 48.5 Å². The zero-order valence-electron chi connectivity index (χ0n) is 18.1. The van der Waals surface area contributed by atoms with Crippen LogP contribution < -0.4 is 5.32 Å². The number of carbonyl (C=O) groups is 3. The SMILES string of the molecule is COC(=O)[C@@H](CCC(=O)OC(C)(C)C)NC(=O)c1c2ccccc2nc2ccccc12. The van der Waals surface area contributed by atoms with Gasteiger partial charge in [0, 0.05) is 17.2 Å². The number of para-hydroxylation sites is 2. The van der Waals surface area contributed by atoms with Crippen molar-refractivity contribution in [1.82, 2.24) is 10.3 Å². The molecule has 162 valence electrons. The van der Waals surface area contributed by atoms with Crippen molar-refractivity contribution >= 4 is 39.7 Å². The van der Waals surface area contributed by atoms with E-state index in [1.165, 1.54) is 7.11 Å². The van der Waals surface area contributed by atoms with Crippen LogP contribution in [0.4, 0.5) is 0 Å². The number of nitrogens with one attached hydrogen (secondary N) is 1. The molecule has 0 unspecified atom stereocenters. The van der Waals surface area contributed by atoms with Gasteiger partial charge in [-0.05, 0) is 39.3 Å². The minimum absolute atomic E-state index is 0.0326. The zero-order chi connectivity index (χ0) is 22.6. The third-order valence-corrected chi connectivity index (χ3v) is 4.66. The van der Waals surface area contributed by atoms with Crippen LogP contribution >= 0.6 is 0 Å². The van der Waals surface area contributed by atoms with Crippen LogP contribution in [0.1, 0.15) is 44.0 Å². The van der Waals surface area contributed by atoms with Crippen molar-refractivity contribution in [2.24, 2.45) is 0 Å². The largest absolute Gasteiger partial charge is 0.467 e. The molecule has 0 aliphatic carbocycles. The molecule has 0 radical (unpaired) electrons. The van der Waals surface area contributed by atoms with Gasteiger partial charge in [0.15, 0.2) is 0 Å². The summed E-state index contributed by atoms with van der Waals surface area (Å²) in [7, 11) is 1.24. The van der Waals surface area contributed by atoms with Gasteiger partial charge in [-0.3, -0.25) is 9.59 Å². The van der Waals surface area contributed by atoms with E-state index in [1.54, 1.807) is 20.8 Å². The average Bonchev–Trinajstić information content (AvgIpc) is 2.72. The monoisotopic (exact) mass is 422 g/mol. The summed E-state index contributed by atoms with van der Waals surface area (Å²) >= 11 is 0. The van der Waals surface area contributed by atoms with Gasteiger partial charge in [0.25, 0.3) is 5.91 Å². The van der Waals surface area contributed by atoms with Gasteiger partial charge in [-0.25, -0.2) is 9.78 Å². The summed E-state index contributed by atoms with van der Waals surface area (Å²) in [5.74, 6) is -1.51. The molecule has 0 saturated heterocycles. The predicted octanol–water partition coefficient (Wildman–Crippen LogP) is 3.78. The van der Waals surface area contributed by atoms with Gasteiger partial charge in [-0.2, -0.15) is 0 Å². The quantitative estimate of drug-likeness (QED) is 0.480. The van der Waals surface area contributed by atoms with E-state index in [2.05, 4.69) is 10.3 Å². The molecule has 0 aliphatic heterocycles. The summed E-state index contributed by atoms with van der Waals surface area (Å²) in [6.07, 6.45) is 0.0312. The molecule has 2 aromatic carbocycles. The topological polar surface area (TPSA) is 94.6 Å². The Balaban J connectivity index is 1.90. The summed E-state index contributed by atoms with van der Waals surface area (Å²) in [5, 5.41) is 4.09. The molecule has 0 fully saturated rings. The molecular weight excluding hydrogens is 396 g/mol. The van der Waals surface area contributed by atoms with Crippen molar-refractivity contribution in [3.8, 4) is 0 Å². The minimum Gasteiger partial charge on any atom is -0.467 e. The maximum Gasteiger partial charge on any atom is 0.328 e. The number of benzene rings is 2. The molecule has 1 heterocycles. The lowest BCUT2D eigenvalue weighted by atomic mass is 10.0. The Morgan fingerprint density at radius 3 is 2.03 bits per heavy atom. The number of esters is 2. The molecular formula is C24H26N2O5. The van der Waals surface area contributed by atoms with E-state index in [0.29, 0.717) is 27.4 Å². The highest BCUT2D eigenvalue weighted by molar-refractivity contribution is 6.16. The summed E-state index contributed by atoms with van der Waals surface area (Å²) in [6.45, 7) is 5.30. The Hall–Kier alpha value is -3.48. The molecule has 0 spiro atoms. The normalized spacial score (nSPS) is 12.4. The first-order valence-electron chi connectivity index (χ1n) is 10.1. The minimum atomic E-state index is -0.990. The van der Waals surface area contributed by atoms with Gasteiger partial charge in [0.2, 0.25) is 0 Å². The van der Waals surface area contributed by atoms with E-state index < -0.39 is 29.5 Å². The number of methoxy groups -OCH3 is 1. The predicted molar refractivity (Wildman–Crippen MR) is 118 cm³/mol. The first kappa shape index (κ1) is 22.2. The van der Waals surface area contributed by atoms with Gasteiger partial charge in [-0.1, -0.05) is 36.4 Å². The fourth-order valence-corrected chi connectivity index (χ4v) is 3.36. The number of rotatable bonds is 6. The number of carbonyl (C=O) groups excluding carboxylic acids is 3. The first-order valence-corrected chi connectivity index (χ1v) is 10.1. The van der Waals surface area contributed by atoms with Crippen LogP contribution in [-0.2, 0) is 19.1 Å². The molecule has 1 N–H and O–H groups in total. The lowest BCUT2D eigenvalue weighted by Gasteiger charge is -2.21. The number of amides is 1. The number of nitrogens with zero attached hydrogens (tertiary/aromatic N) is 1. The summed E-state index contributed by atoms with van der Waals surface area (Å²) in [4.78, 5) is 42.3. The smallest absolute Gasteiger partial charge is 0.328 e. The van der Waals surface area contributed by atoms with Gasteiger partial charge >= 0.3 is 11.9 Å². The van der Waals surface area contributed by atoms with Crippen LogP contribution in [0.3, 0.4) is 0 Å². The molecule has 7 heteroatoms. The average molecular weight is 422 g/mol. The molecule has 0 saturated carbocycles. The molecule has 1 aromatic heterocycles. The van der Waals surface area contributed by atoms with Crippen LogP contribution in [0.25, 0.3) is 21.8 Å². The second-order valence-corrected chi connectivity index (χ2v) is 8.20. The molecule has 1 amide bonds. The summed E-state index contributed by atoms with van der Waals surface area (Å²) in [6, 6.07) is 13.7. The molecule has 3 rings (SSSR count). The summed E-state index contributed by atoms with van der Waals surface area (Å²) < 4.78 is 10.1. The Labute approximate surface area is 180 Å². The van der Waals surface area contributed by atoms with E-state index >= 15 is 0 Å². The van der Waals surface area contributed by atoms with Crippen molar-refractivity contribution < 1.29 is 23.9 Å². The highest BCUT2D eigenvalue weighted by atomic mass is 16.6. The lowest BCUT2D eigenvalue weighted by molar-refractivity contribution is -0.155. The summed E-state index contributed by atoms with van der Waals surface area (Å²) in [5.41, 5.74) is 1.15.